The van der Waals surface area contributed by atoms with E-state index in [4.69, 9.17) is 10.5 Å². The quantitative estimate of drug-likeness (QED) is 0.746. The van der Waals surface area contributed by atoms with Crippen LogP contribution in [0.5, 0.6) is 0 Å². The summed E-state index contributed by atoms with van der Waals surface area (Å²) in [5.74, 6) is 0. The lowest BCUT2D eigenvalue weighted by Crippen LogP contribution is -2.45. The molecular weight excluding hydrogens is 324 g/mol. The monoisotopic (exact) mass is 346 g/mol. The van der Waals surface area contributed by atoms with E-state index in [1.54, 1.807) is 13.3 Å². The Bertz CT molecular complexity index is 477. The third-order valence-electron chi connectivity index (χ3n) is 3.64. The fourth-order valence-electron chi connectivity index (χ4n) is 1.94. The van der Waals surface area contributed by atoms with E-state index in [0.29, 0.717) is 29.9 Å². The molecule has 0 bridgehead atoms. The van der Waals surface area contributed by atoms with Gasteiger partial charge in [-0.25, -0.2) is 4.68 Å². The van der Waals surface area contributed by atoms with Crippen LogP contribution in [0.4, 0.5) is 5.69 Å². The van der Waals surface area contributed by atoms with Gasteiger partial charge in [-0.15, -0.1) is 0 Å². The van der Waals surface area contributed by atoms with Gasteiger partial charge < -0.3 is 15.8 Å². The van der Waals surface area contributed by atoms with Gasteiger partial charge in [0.25, 0.3) is 5.56 Å². The van der Waals surface area contributed by atoms with Gasteiger partial charge in [-0.1, -0.05) is 13.8 Å². The zero-order valence-electron chi connectivity index (χ0n) is 12.3. The topological polar surface area (TPSA) is 82.2 Å². The molecule has 0 saturated heterocycles. The van der Waals surface area contributed by atoms with Crippen LogP contribution in [-0.2, 0) is 11.3 Å². The van der Waals surface area contributed by atoms with Gasteiger partial charge in [0.1, 0.15) is 4.47 Å². The van der Waals surface area contributed by atoms with Crippen LogP contribution in [0.1, 0.15) is 26.7 Å². The Hall–Kier alpha value is -0.920. The number of anilines is 1. The summed E-state index contributed by atoms with van der Waals surface area (Å²) in [6.07, 6.45) is 3.40. The van der Waals surface area contributed by atoms with Gasteiger partial charge >= 0.3 is 0 Å². The Balaban J connectivity index is 3.03. The molecule has 0 aliphatic carbocycles. The van der Waals surface area contributed by atoms with Gasteiger partial charge in [0, 0.05) is 19.2 Å². The third kappa shape index (κ3) is 3.80. The lowest BCUT2D eigenvalue weighted by Gasteiger charge is -2.32. The van der Waals surface area contributed by atoms with Crippen molar-refractivity contribution in [1.29, 1.82) is 0 Å². The first-order chi connectivity index (χ1) is 9.53. The molecule has 1 rings (SSSR count). The normalized spacial score (nSPS) is 11.7. The van der Waals surface area contributed by atoms with Crippen molar-refractivity contribution in [3.05, 3.63) is 21.0 Å². The molecule has 0 aliphatic heterocycles. The second-order valence-electron chi connectivity index (χ2n) is 4.71. The van der Waals surface area contributed by atoms with Crippen molar-refractivity contribution in [2.45, 2.75) is 38.8 Å². The summed E-state index contributed by atoms with van der Waals surface area (Å²) < 4.78 is 6.81. The van der Waals surface area contributed by atoms with Crippen LogP contribution in [-0.4, -0.2) is 35.6 Å². The smallest absolute Gasteiger partial charge is 0.283 e. The number of nitrogens with one attached hydrogen (secondary N) is 1. The average Bonchev–Trinajstić information content (AvgIpc) is 2.48. The van der Waals surface area contributed by atoms with Gasteiger partial charge in [0.2, 0.25) is 0 Å². The number of hydrogen-bond acceptors (Lipinski definition) is 5. The molecule has 114 valence electrons. The molecule has 0 unspecified atom stereocenters. The van der Waals surface area contributed by atoms with Crippen LogP contribution in [0.15, 0.2) is 15.5 Å². The molecule has 3 N–H and O–H groups in total. The van der Waals surface area contributed by atoms with Crippen molar-refractivity contribution in [3.8, 4) is 0 Å². The predicted octanol–water partition coefficient (Wildman–Crippen LogP) is 1.58. The van der Waals surface area contributed by atoms with Crippen molar-refractivity contribution < 1.29 is 4.74 Å². The van der Waals surface area contributed by atoms with Crippen molar-refractivity contribution in [2.24, 2.45) is 5.73 Å². The number of aromatic nitrogens is 2. The Kier molecular flexibility index (Phi) is 6.64. The second-order valence-corrected chi connectivity index (χ2v) is 5.50. The molecule has 6 nitrogen and oxygen atoms in total. The minimum atomic E-state index is -0.213. The second kappa shape index (κ2) is 7.75. The average molecular weight is 347 g/mol. The highest BCUT2D eigenvalue weighted by Gasteiger charge is 2.25. The first kappa shape index (κ1) is 17.1. The Labute approximate surface area is 127 Å². The number of nitrogens with zero attached hydrogens (tertiary/aromatic N) is 2. The number of rotatable bonds is 8. The van der Waals surface area contributed by atoms with Crippen molar-refractivity contribution >= 4 is 21.6 Å². The summed E-state index contributed by atoms with van der Waals surface area (Å²) in [6, 6.07) is 0. The highest BCUT2D eigenvalue weighted by atomic mass is 79.9. The van der Waals surface area contributed by atoms with Crippen LogP contribution in [0.2, 0.25) is 0 Å². The summed E-state index contributed by atoms with van der Waals surface area (Å²) in [7, 11) is 1.59. The van der Waals surface area contributed by atoms with E-state index < -0.39 is 0 Å². The highest BCUT2D eigenvalue weighted by molar-refractivity contribution is 9.10. The third-order valence-corrected chi connectivity index (χ3v) is 4.40. The molecule has 0 spiro atoms. The van der Waals surface area contributed by atoms with Gasteiger partial charge in [0.05, 0.1) is 25.0 Å². The minimum absolute atomic E-state index is 0.176. The molecule has 0 fully saturated rings. The molecule has 7 heteroatoms. The van der Waals surface area contributed by atoms with Crippen LogP contribution >= 0.6 is 15.9 Å². The summed E-state index contributed by atoms with van der Waals surface area (Å²) in [5.41, 5.74) is 6.15. The maximum Gasteiger partial charge on any atom is 0.283 e. The zero-order chi connectivity index (χ0) is 15.2. The van der Waals surface area contributed by atoms with Crippen LogP contribution in [0.3, 0.4) is 0 Å². The molecule has 0 amide bonds. The molecule has 0 aliphatic rings. The molecule has 1 heterocycles. The predicted molar refractivity (Wildman–Crippen MR) is 84.1 cm³/mol. The summed E-state index contributed by atoms with van der Waals surface area (Å²) in [5, 5.41) is 7.51. The summed E-state index contributed by atoms with van der Waals surface area (Å²) >= 11 is 3.35. The van der Waals surface area contributed by atoms with E-state index in [-0.39, 0.29) is 11.1 Å². The van der Waals surface area contributed by atoms with Crippen molar-refractivity contribution in [2.75, 3.05) is 25.6 Å². The van der Waals surface area contributed by atoms with E-state index in [1.165, 1.54) is 4.68 Å². The van der Waals surface area contributed by atoms with Crippen molar-refractivity contribution in [3.63, 3.8) is 0 Å². The van der Waals surface area contributed by atoms with E-state index in [1.807, 2.05) is 0 Å². The van der Waals surface area contributed by atoms with E-state index in [0.717, 1.165) is 12.8 Å². The lowest BCUT2D eigenvalue weighted by atomic mass is 9.93. The molecule has 1 aromatic rings. The Morgan fingerprint density at radius 3 is 2.65 bits per heavy atom. The van der Waals surface area contributed by atoms with Crippen LogP contribution in [0, 0.1) is 0 Å². The molecule has 0 saturated carbocycles. The molecule has 20 heavy (non-hydrogen) atoms. The van der Waals surface area contributed by atoms with Crippen LogP contribution < -0.4 is 16.6 Å². The lowest BCUT2D eigenvalue weighted by molar-refractivity contribution is 0.181. The Morgan fingerprint density at radius 1 is 1.50 bits per heavy atom. The highest BCUT2D eigenvalue weighted by Crippen LogP contribution is 2.24. The first-order valence-electron chi connectivity index (χ1n) is 6.76. The maximum atomic E-state index is 12.2. The van der Waals surface area contributed by atoms with Crippen molar-refractivity contribution in [1.82, 2.24) is 9.78 Å². The molecule has 1 aromatic heterocycles. The van der Waals surface area contributed by atoms with E-state index in [2.05, 4.69) is 40.2 Å². The summed E-state index contributed by atoms with van der Waals surface area (Å²) in [4.78, 5) is 12.2. The number of hydrogen-bond donors (Lipinski definition) is 2. The van der Waals surface area contributed by atoms with Crippen LogP contribution in [0.25, 0.3) is 0 Å². The van der Waals surface area contributed by atoms with E-state index >= 15 is 0 Å². The largest absolute Gasteiger partial charge is 0.383 e. The molecule has 0 aromatic carbocycles. The number of ether oxygens (including phenoxy) is 1. The number of methoxy groups -OCH3 is 1. The maximum absolute atomic E-state index is 12.2. The summed E-state index contributed by atoms with van der Waals surface area (Å²) in [6.45, 7) is 5.52. The number of nitrogens with two attached hydrogens (primary N) is 1. The van der Waals surface area contributed by atoms with Gasteiger partial charge in [-0.05, 0) is 28.8 Å². The Morgan fingerprint density at radius 2 is 2.15 bits per heavy atom. The zero-order valence-corrected chi connectivity index (χ0v) is 13.9. The molecule has 0 atom stereocenters. The number of halogens is 1. The fraction of sp³-hybridized carbons (Fsp3) is 0.692. The van der Waals surface area contributed by atoms with Gasteiger partial charge in [-0.2, -0.15) is 5.10 Å². The minimum Gasteiger partial charge on any atom is -0.383 e. The standard InChI is InChI=1S/C13H23BrN4O2/c1-4-13(5-2,9-15)17-10-8-16-18(6-7-20-3)12(19)11(10)14/h8,17H,4-7,9,15H2,1-3H3. The first-order valence-corrected chi connectivity index (χ1v) is 7.55. The fourth-order valence-corrected chi connectivity index (χ4v) is 2.35. The molecule has 0 radical (unpaired) electrons. The van der Waals surface area contributed by atoms with E-state index in [9.17, 15) is 4.79 Å². The van der Waals surface area contributed by atoms with Gasteiger partial charge in [-0.3, -0.25) is 4.79 Å². The SMILES string of the molecule is CCC(CC)(CN)Nc1cnn(CCOC)c(=O)c1Br. The molecular formula is C13H23BrN4O2. The van der Waals surface area contributed by atoms with Gasteiger partial charge in [0.15, 0.2) is 0 Å².